The van der Waals surface area contributed by atoms with Crippen molar-refractivity contribution < 1.29 is 18.8 Å². The maximum Gasteiger partial charge on any atom is 0.254 e. The first-order chi connectivity index (χ1) is 15.5. The summed E-state index contributed by atoms with van der Waals surface area (Å²) in [6.07, 6.45) is 0. The van der Waals surface area contributed by atoms with Gasteiger partial charge in [-0.15, -0.1) is 0 Å². The normalized spacial score (nSPS) is 15.4. The number of benzene rings is 2. The molecule has 0 spiro atoms. The molecule has 4 rings (SSSR count). The van der Waals surface area contributed by atoms with Gasteiger partial charge in [0.1, 0.15) is 0 Å². The van der Waals surface area contributed by atoms with E-state index in [0.29, 0.717) is 60.0 Å². The first-order valence-corrected chi connectivity index (χ1v) is 10.7. The van der Waals surface area contributed by atoms with Gasteiger partial charge in [-0.2, -0.15) is 4.98 Å². The topological polar surface area (TPSA) is 80.9 Å². The summed E-state index contributed by atoms with van der Waals surface area (Å²) in [5, 5.41) is 4.45. The van der Waals surface area contributed by atoms with Gasteiger partial charge in [0, 0.05) is 37.3 Å². The van der Waals surface area contributed by atoms with Gasteiger partial charge in [0.15, 0.2) is 11.5 Å². The lowest BCUT2D eigenvalue weighted by Crippen LogP contribution is -2.49. The molecule has 0 bridgehead atoms. The van der Waals surface area contributed by atoms with Gasteiger partial charge in [-0.05, 0) is 19.1 Å². The molecule has 0 saturated carbocycles. The predicted octanol–water partition coefficient (Wildman–Crippen LogP) is 3.93. The molecule has 1 amide bonds. The van der Waals surface area contributed by atoms with E-state index in [2.05, 4.69) is 15.0 Å². The number of rotatable bonds is 6. The van der Waals surface area contributed by atoms with Gasteiger partial charge in [0.25, 0.3) is 5.91 Å². The monoisotopic (exact) mass is 456 g/mol. The number of aromatic nitrogens is 2. The molecule has 2 aromatic carbocycles. The standard InChI is InChI=1S/C23H25ClN4O4/c1-15(22-25-21(26-32-22)16-7-5-4-6-8-16)27-9-11-28(12-10-27)23(29)17-13-18(24)20(31-3)19(14-17)30-2/h4-8,13-15H,9-12H2,1-3H3. The number of hydrogen-bond acceptors (Lipinski definition) is 7. The van der Waals surface area contributed by atoms with Crippen molar-refractivity contribution in [2.75, 3.05) is 40.4 Å². The van der Waals surface area contributed by atoms with Crippen LogP contribution >= 0.6 is 11.6 Å². The molecule has 1 saturated heterocycles. The van der Waals surface area contributed by atoms with Crippen LogP contribution < -0.4 is 9.47 Å². The average Bonchev–Trinajstić information content (AvgIpc) is 3.33. The number of hydrogen-bond donors (Lipinski definition) is 0. The summed E-state index contributed by atoms with van der Waals surface area (Å²) in [5.74, 6) is 1.89. The van der Waals surface area contributed by atoms with Gasteiger partial charge in [-0.25, -0.2) is 0 Å². The van der Waals surface area contributed by atoms with Gasteiger partial charge in [-0.3, -0.25) is 9.69 Å². The van der Waals surface area contributed by atoms with Crippen molar-refractivity contribution >= 4 is 17.5 Å². The minimum Gasteiger partial charge on any atom is -0.493 e. The lowest BCUT2D eigenvalue weighted by molar-refractivity contribution is 0.0551. The number of carbonyl (C=O) groups excluding carboxylic acids is 1. The first kappa shape index (κ1) is 22.1. The van der Waals surface area contributed by atoms with Crippen molar-refractivity contribution in [2.45, 2.75) is 13.0 Å². The van der Waals surface area contributed by atoms with Gasteiger partial charge in [0.2, 0.25) is 11.7 Å². The molecule has 9 heteroatoms. The SMILES string of the molecule is COc1cc(C(=O)N2CCN(C(C)c3nc(-c4ccccc4)no3)CC2)cc(Cl)c1OC. The van der Waals surface area contributed by atoms with Crippen molar-refractivity contribution in [3.05, 3.63) is 58.9 Å². The zero-order valence-electron chi connectivity index (χ0n) is 18.2. The van der Waals surface area contributed by atoms with E-state index in [1.165, 1.54) is 14.2 Å². The molecule has 0 aliphatic carbocycles. The minimum atomic E-state index is -0.0932. The van der Waals surface area contributed by atoms with Gasteiger partial charge in [-0.1, -0.05) is 47.1 Å². The largest absolute Gasteiger partial charge is 0.493 e. The van der Waals surface area contributed by atoms with Gasteiger partial charge < -0.3 is 18.9 Å². The molecule has 1 unspecified atom stereocenters. The summed E-state index contributed by atoms with van der Waals surface area (Å²) in [6.45, 7) is 4.57. The molecule has 168 valence electrons. The third kappa shape index (κ3) is 4.42. The maximum absolute atomic E-state index is 13.0. The quantitative estimate of drug-likeness (QED) is 0.556. The molecule has 2 heterocycles. The number of ether oxygens (including phenoxy) is 2. The highest BCUT2D eigenvalue weighted by molar-refractivity contribution is 6.32. The van der Waals surface area contributed by atoms with Crippen LogP contribution in [0, 0.1) is 0 Å². The maximum atomic E-state index is 13.0. The van der Waals surface area contributed by atoms with Crippen LogP contribution in [0.15, 0.2) is 47.0 Å². The van der Waals surface area contributed by atoms with Crippen LogP contribution in [0.2, 0.25) is 5.02 Å². The van der Waals surface area contributed by atoms with Crippen molar-refractivity contribution in [3.63, 3.8) is 0 Å². The average molecular weight is 457 g/mol. The van der Waals surface area contributed by atoms with Crippen molar-refractivity contribution in [1.82, 2.24) is 19.9 Å². The summed E-state index contributed by atoms with van der Waals surface area (Å²) in [5.41, 5.74) is 1.39. The predicted molar refractivity (Wildman–Crippen MR) is 120 cm³/mol. The third-order valence-electron chi connectivity index (χ3n) is 5.66. The molecular formula is C23H25ClN4O4. The Hall–Kier alpha value is -3.10. The molecule has 0 N–H and O–H groups in total. The highest BCUT2D eigenvalue weighted by Crippen LogP contribution is 2.36. The summed E-state index contributed by atoms with van der Waals surface area (Å²) in [4.78, 5) is 21.6. The summed E-state index contributed by atoms with van der Waals surface area (Å²) < 4.78 is 16.1. The fourth-order valence-corrected chi connectivity index (χ4v) is 4.09. The summed E-state index contributed by atoms with van der Waals surface area (Å²) in [6, 6.07) is 13.0. The van der Waals surface area contributed by atoms with Crippen molar-refractivity contribution in [3.8, 4) is 22.9 Å². The molecule has 0 radical (unpaired) electrons. The molecule has 1 aliphatic heterocycles. The lowest BCUT2D eigenvalue weighted by Gasteiger charge is -2.36. The Balaban J connectivity index is 1.40. The Labute approximate surface area is 191 Å². The van der Waals surface area contributed by atoms with E-state index in [1.807, 2.05) is 42.2 Å². The van der Waals surface area contributed by atoms with Crippen LogP contribution in [0.4, 0.5) is 0 Å². The lowest BCUT2D eigenvalue weighted by atomic mass is 10.1. The van der Waals surface area contributed by atoms with E-state index in [4.69, 9.17) is 25.6 Å². The summed E-state index contributed by atoms with van der Waals surface area (Å²) in [7, 11) is 3.03. The van der Waals surface area contributed by atoms with Gasteiger partial charge in [0.05, 0.1) is 25.3 Å². The number of methoxy groups -OCH3 is 2. The molecule has 1 aliphatic rings. The van der Waals surface area contributed by atoms with Crippen LogP contribution in [0.5, 0.6) is 11.5 Å². The molecule has 1 fully saturated rings. The zero-order chi connectivity index (χ0) is 22.7. The van der Waals surface area contributed by atoms with Crippen LogP contribution in [-0.4, -0.2) is 66.2 Å². The second kappa shape index (κ2) is 9.58. The van der Waals surface area contributed by atoms with E-state index < -0.39 is 0 Å². The summed E-state index contributed by atoms with van der Waals surface area (Å²) >= 11 is 6.27. The van der Waals surface area contributed by atoms with E-state index in [0.717, 1.165) is 5.56 Å². The third-order valence-corrected chi connectivity index (χ3v) is 5.94. The van der Waals surface area contributed by atoms with Gasteiger partial charge >= 0.3 is 0 Å². The smallest absolute Gasteiger partial charge is 0.254 e. The van der Waals surface area contributed by atoms with Crippen LogP contribution in [0.25, 0.3) is 11.4 Å². The highest BCUT2D eigenvalue weighted by atomic mass is 35.5. The fourth-order valence-electron chi connectivity index (χ4n) is 3.80. The Morgan fingerprint density at radius 3 is 2.47 bits per heavy atom. The van der Waals surface area contributed by atoms with Crippen molar-refractivity contribution in [1.29, 1.82) is 0 Å². The fraction of sp³-hybridized carbons (Fsp3) is 0.348. The Morgan fingerprint density at radius 2 is 1.81 bits per heavy atom. The molecule has 3 aromatic rings. The first-order valence-electron chi connectivity index (χ1n) is 10.4. The Kier molecular flexibility index (Phi) is 6.62. The zero-order valence-corrected chi connectivity index (χ0v) is 19.0. The number of halogens is 1. The van der Waals surface area contributed by atoms with Crippen LogP contribution in [0.3, 0.4) is 0 Å². The Bertz CT molecular complexity index is 1080. The molecule has 1 atom stereocenters. The van der Waals surface area contributed by atoms with Crippen molar-refractivity contribution in [2.24, 2.45) is 0 Å². The molecule has 32 heavy (non-hydrogen) atoms. The second-order valence-electron chi connectivity index (χ2n) is 7.52. The van der Waals surface area contributed by atoms with E-state index in [9.17, 15) is 4.79 Å². The Morgan fingerprint density at radius 1 is 1.09 bits per heavy atom. The second-order valence-corrected chi connectivity index (χ2v) is 7.93. The molecule has 1 aromatic heterocycles. The number of amides is 1. The number of carbonyl (C=O) groups is 1. The van der Waals surface area contributed by atoms with E-state index in [1.54, 1.807) is 12.1 Å². The molecule has 8 nitrogen and oxygen atoms in total. The number of piperazine rings is 1. The number of nitrogens with zero attached hydrogens (tertiary/aromatic N) is 4. The van der Waals surface area contributed by atoms with Crippen LogP contribution in [0.1, 0.15) is 29.2 Å². The van der Waals surface area contributed by atoms with Crippen LogP contribution in [-0.2, 0) is 0 Å². The minimum absolute atomic E-state index is 0.0484. The highest BCUT2D eigenvalue weighted by Gasteiger charge is 2.29. The van der Waals surface area contributed by atoms with E-state index in [-0.39, 0.29) is 11.9 Å². The van der Waals surface area contributed by atoms with E-state index >= 15 is 0 Å². The molecular weight excluding hydrogens is 432 g/mol.